The second-order valence-corrected chi connectivity index (χ2v) is 12.5. The first kappa shape index (κ1) is 41.4. The molecule has 0 spiro atoms. The van der Waals surface area contributed by atoms with Crippen LogP contribution in [0.4, 0.5) is 4.79 Å². The molecule has 13 N–H and O–H groups in total. The van der Waals surface area contributed by atoms with Gasteiger partial charge in [0.2, 0.25) is 23.6 Å². The molecule has 0 saturated heterocycles. The molecule has 53 heavy (non-hydrogen) atoms. The number of aromatic amines is 1. The summed E-state index contributed by atoms with van der Waals surface area (Å²) in [5, 5.41) is 20.9. The third-order valence-corrected chi connectivity index (χ3v) is 8.11. The molecule has 0 aliphatic carbocycles. The molecule has 7 amide bonds. The number of carbonyl (C=O) groups excluding carboxylic acids is 6. The van der Waals surface area contributed by atoms with Crippen molar-refractivity contribution in [3.8, 4) is 5.75 Å². The fourth-order valence-electron chi connectivity index (χ4n) is 5.03. The number of phenolic OH excluding ortho intramolecular Hbond substituents is 1. The summed E-state index contributed by atoms with van der Waals surface area (Å²) in [7, 11) is 0. The van der Waals surface area contributed by atoms with E-state index in [1.807, 2.05) is 0 Å². The number of primary amides is 1. The van der Waals surface area contributed by atoms with E-state index in [0.29, 0.717) is 30.6 Å². The second-order valence-electron chi connectivity index (χ2n) is 12.5. The maximum atomic E-state index is 13.4. The highest BCUT2D eigenvalue weighted by atomic mass is 16.3. The summed E-state index contributed by atoms with van der Waals surface area (Å²) < 4.78 is 0. The van der Waals surface area contributed by atoms with Crippen LogP contribution in [0.25, 0.3) is 0 Å². The Hall–Kier alpha value is -6.01. The van der Waals surface area contributed by atoms with Gasteiger partial charge in [-0.2, -0.15) is 0 Å². The van der Waals surface area contributed by atoms with Crippen molar-refractivity contribution in [3.05, 3.63) is 83.9 Å². The number of hydrogen-bond donors (Lipinski definition) is 10. The van der Waals surface area contributed by atoms with Crippen LogP contribution in [-0.2, 0) is 43.4 Å². The van der Waals surface area contributed by atoms with Gasteiger partial charge in [-0.25, -0.2) is 14.8 Å². The molecule has 0 bridgehead atoms. The van der Waals surface area contributed by atoms with Gasteiger partial charge in [0.25, 0.3) is 5.91 Å². The Labute approximate surface area is 307 Å². The number of H-pyrrole nitrogens is 1. The summed E-state index contributed by atoms with van der Waals surface area (Å²) in [6, 6.07) is 8.40. The zero-order chi connectivity index (χ0) is 38.9. The van der Waals surface area contributed by atoms with Gasteiger partial charge in [-0.05, 0) is 62.9 Å². The molecule has 1 aromatic heterocycles. The summed E-state index contributed by atoms with van der Waals surface area (Å²) in [6.45, 7) is 3.03. The van der Waals surface area contributed by atoms with Crippen molar-refractivity contribution < 1.29 is 33.9 Å². The van der Waals surface area contributed by atoms with Crippen LogP contribution in [-0.4, -0.2) is 92.4 Å². The number of imidazole rings is 1. The lowest BCUT2D eigenvalue weighted by Crippen LogP contribution is -2.59. The molecule has 0 fully saturated rings. The van der Waals surface area contributed by atoms with E-state index in [-0.39, 0.29) is 31.6 Å². The molecule has 0 radical (unpaired) electrons. The van der Waals surface area contributed by atoms with Crippen LogP contribution in [0.1, 0.15) is 49.9 Å². The van der Waals surface area contributed by atoms with Crippen molar-refractivity contribution in [3.63, 3.8) is 0 Å². The number of unbranched alkanes of at least 4 members (excludes halogenated alkanes) is 1. The highest BCUT2D eigenvalue weighted by Crippen LogP contribution is 2.12. The quantitative estimate of drug-likeness (QED) is 0.0526. The van der Waals surface area contributed by atoms with E-state index < -0.39 is 65.8 Å². The topological polar surface area (TPSA) is 293 Å². The van der Waals surface area contributed by atoms with Gasteiger partial charge >= 0.3 is 6.03 Å². The maximum absolute atomic E-state index is 13.4. The zero-order valence-corrected chi connectivity index (χ0v) is 29.7. The molecule has 5 atom stereocenters. The first-order valence-electron chi connectivity index (χ1n) is 17.1. The SMILES string of the molecule is C[C@H](NC(=O)[C@H](C)NC(=O)N(Cc1ccc(O)cc1)NC(=O)C(N)Cc1cnc[nH]1)C(=O)N[C@H](Cc1ccccc1)C(=O)N[C@@H](CCCCN)C(N)=O. The third-order valence-electron chi connectivity index (χ3n) is 8.11. The van der Waals surface area contributed by atoms with E-state index in [1.165, 1.54) is 38.5 Å². The number of rotatable bonds is 19. The van der Waals surface area contributed by atoms with Crippen molar-refractivity contribution in [2.45, 2.75) is 82.7 Å². The van der Waals surface area contributed by atoms with Crippen LogP contribution < -0.4 is 43.9 Å². The minimum atomic E-state index is -1.20. The number of aromatic hydroxyl groups is 1. The monoisotopic (exact) mass is 735 g/mol. The third kappa shape index (κ3) is 13.9. The normalized spacial score (nSPS) is 13.7. The van der Waals surface area contributed by atoms with Crippen LogP contribution in [0.3, 0.4) is 0 Å². The van der Waals surface area contributed by atoms with Crippen molar-refractivity contribution in [2.75, 3.05) is 6.54 Å². The van der Waals surface area contributed by atoms with E-state index in [2.05, 4.69) is 36.7 Å². The number of aromatic nitrogens is 2. The molecule has 2 aromatic carbocycles. The Morgan fingerprint density at radius 1 is 0.792 bits per heavy atom. The van der Waals surface area contributed by atoms with E-state index >= 15 is 0 Å². The largest absolute Gasteiger partial charge is 0.508 e. The Bertz CT molecular complexity index is 1660. The molecular formula is C35H49N11O7. The molecule has 0 aliphatic heterocycles. The van der Waals surface area contributed by atoms with E-state index in [9.17, 15) is 33.9 Å². The van der Waals surface area contributed by atoms with Crippen LogP contribution in [0, 0.1) is 0 Å². The van der Waals surface area contributed by atoms with Crippen LogP contribution in [0.2, 0.25) is 0 Å². The summed E-state index contributed by atoms with van der Waals surface area (Å²) in [5.41, 5.74) is 21.5. The minimum Gasteiger partial charge on any atom is -0.508 e. The lowest BCUT2D eigenvalue weighted by atomic mass is 10.0. The van der Waals surface area contributed by atoms with Gasteiger partial charge in [0, 0.05) is 24.7 Å². The lowest BCUT2D eigenvalue weighted by Gasteiger charge is -2.27. The molecule has 0 aliphatic rings. The molecule has 18 nitrogen and oxygen atoms in total. The summed E-state index contributed by atoms with van der Waals surface area (Å²) in [5.74, 6) is -3.51. The van der Waals surface area contributed by atoms with Gasteiger partial charge in [-0.1, -0.05) is 42.5 Å². The van der Waals surface area contributed by atoms with Crippen LogP contribution in [0.5, 0.6) is 5.75 Å². The van der Waals surface area contributed by atoms with Crippen molar-refractivity contribution in [1.29, 1.82) is 0 Å². The summed E-state index contributed by atoms with van der Waals surface area (Å²) in [4.78, 5) is 85.0. The van der Waals surface area contributed by atoms with E-state index in [4.69, 9.17) is 17.2 Å². The predicted molar refractivity (Wildman–Crippen MR) is 194 cm³/mol. The maximum Gasteiger partial charge on any atom is 0.337 e. The average molecular weight is 736 g/mol. The Kier molecular flexibility index (Phi) is 16.2. The summed E-state index contributed by atoms with van der Waals surface area (Å²) in [6.07, 6.45) is 4.59. The van der Waals surface area contributed by atoms with Crippen molar-refractivity contribution in [1.82, 2.24) is 41.7 Å². The number of carbonyl (C=O) groups is 6. The number of amides is 7. The minimum absolute atomic E-state index is 0.000913. The van der Waals surface area contributed by atoms with Crippen LogP contribution >= 0.6 is 0 Å². The molecule has 1 unspecified atom stereocenters. The van der Waals surface area contributed by atoms with Gasteiger partial charge < -0.3 is 48.6 Å². The highest BCUT2D eigenvalue weighted by molar-refractivity contribution is 5.95. The van der Waals surface area contributed by atoms with Gasteiger partial charge in [0.05, 0.1) is 18.9 Å². The van der Waals surface area contributed by atoms with Gasteiger partial charge in [-0.3, -0.25) is 29.4 Å². The number of benzene rings is 2. The number of hydrogen-bond acceptors (Lipinski definition) is 10. The van der Waals surface area contributed by atoms with Gasteiger partial charge in [-0.15, -0.1) is 0 Å². The number of hydrazine groups is 1. The van der Waals surface area contributed by atoms with E-state index in [1.54, 1.807) is 42.5 Å². The number of nitrogens with zero attached hydrogens (tertiary/aromatic N) is 2. The first-order valence-corrected chi connectivity index (χ1v) is 17.1. The van der Waals surface area contributed by atoms with Crippen molar-refractivity contribution >= 4 is 35.6 Å². The molecular weight excluding hydrogens is 686 g/mol. The first-order chi connectivity index (χ1) is 25.3. The Balaban J connectivity index is 1.66. The molecule has 18 heteroatoms. The molecule has 0 saturated carbocycles. The Morgan fingerprint density at radius 2 is 1.43 bits per heavy atom. The number of nitrogens with one attached hydrogen (secondary N) is 6. The molecule has 1 heterocycles. The van der Waals surface area contributed by atoms with Crippen LogP contribution in [0.15, 0.2) is 67.1 Å². The molecule has 3 rings (SSSR count). The summed E-state index contributed by atoms with van der Waals surface area (Å²) >= 11 is 0. The molecule has 3 aromatic rings. The Morgan fingerprint density at radius 3 is 2.06 bits per heavy atom. The smallest absolute Gasteiger partial charge is 0.337 e. The number of phenols is 1. The highest BCUT2D eigenvalue weighted by Gasteiger charge is 2.30. The standard InChI is InChI=1S/C35H49N11O7/c1-21(32(50)44-29(16-23-8-4-3-5-9-23)34(52)43-28(30(38)48)10-6-7-15-36)41-31(49)22(2)42-35(53)46(19-24-11-13-26(47)14-12-24)45-33(51)27(37)17-25-18-39-20-40-25/h3-5,8-9,11-14,18,20-22,27-29,47H,6-7,10,15-17,19,36-37H2,1-2H3,(H2,38,48)(H,39,40)(H,41,49)(H,42,53)(H,43,52)(H,44,50)(H,45,51)/t21-,22-,27?,28-,29+/m0/s1. The second kappa shape index (κ2) is 20.7. The van der Waals surface area contributed by atoms with E-state index in [0.717, 1.165) is 10.6 Å². The average Bonchev–Trinajstić information content (AvgIpc) is 3.64. The zero-order valence-electron chi connectivity index (χ0n) is 29.7. The van der Waals surface area contributed by atoms with Gasteiger partial charge in [0.1, 0.15) is 29.9 Å². The number of urea groups is 1. The fourth-order valence-corrected chi connectivity index (χ4v) is 5.03. The molecule has 286 valence electrons. The fraction of sp³-hybridized carbons (Fsp3) is 0.400. The lowest BCUT2D eigenvalue weighted by molar-refractivity contribution is -0.133. The number of nitrogens with two attached hydrogens (primary N) is 3. The predicted octanol–water partition coefficient (Wildman–Crippen LogP) is -1.05. The van der Waals surface area contributed by atoms with Crippen molar-refractivity contribution in [2.24, 2.45) is 17.2 Å². The van der Waals surface area contributed by atoms with Gasteiger partial charge in [0.15, 0.2) is 0 Å².